The van der Waals surface area contributed by atoms with Crippen molar-refractivity contribution in [2.24, 2.45) is 0 Å². The second kappa shape index (κ2) is 9.77. The van der Waals surface area contributed by atoms with Crippen molar-refractivity contribution in [2.45, 2.75) is 64.0 Å². The molecule has 1 saturated carbocycles. The monoisotopic (exact) mass is 477 g/mol. The number of amides is 3. The zero-order chi connectivity index (χ0) is 25.2. The number of urea groups is 1. The summed E-state index contributed by atoms with van der Waals surface area (Å²) in [5.41, 5.74) is 2.84. The molecule has 3 amide bonds. The van der Waals surface area contributed by atoms with Crippen LogP contribution in [0.4, 0.5) is 10.5 Å². The van der Waals surface area contributed by atoms with E-state index in [1.807, 2.05) is 37.3 Å². The Kier molecular flexibility index (Phi) is 6.77. The maximum absolute atomic E-state index is 12.7. The van der Waals surface area contributed by atoms with Gasteiger partial charge in [-0.15, -0.1) is 0 Å². The van der Waals surface area contributed by atoms with Gasteiger partial charge in [0.25, 0.3) is 5.91 Å². The Morgan fingerprint density at radius 3 is 2.37 bits per heavy atom. The fourth-order valence-electron chi connectivity index (χ4n) is 4.45. The summed E-state index contributed by atoms with van der Waals surface area (Å²) in [7, 11) is 0. The van der Waals surface area contributed by atoms with E-state index in [1.54, 1.807) is 12.1 Å². The number of aromatic nitrogens is 2. The number of hydrogen-bond donors (Lipinski definition) is 5. The summed E-state index contributed by atoms with van der Waals surface area (Å²) in [4.78, 5) is 43.5. The van der Waals surface area contributed by atoms with Gasteiger partial charge in [0.05, 0.1) is 11.0 Å². The molecule has 0 unspecified atom stereocenters. The summed E-state index contributed by atoms with van der Waals surface area (Å²) in [6.45, 7) is 4.79. The van der Waals surface area contributed by atoms with Crippen molar-refractivity contribution in [1.82, 2.24) is 20.6 Å². The molecule has 184 valence electrons. The van der Waals surface area contributed by atoms with Crippen LogP contribution in [0, 0.1) is 6.92 Å². The van der Waals surface area contributed by atoms with Crippen molar-refractivity contribution in [2.75, 3.05) is 5.32 Å². The number of aromatic amines is 1. The molecule has 3 aromatic rings. The number of H-pyrrole nitrogens is 1. The van der Waals surface area contributed by atoms with E-state index < -0.39 is 17.5 Å². The van der Waals surface area contributed by atoms with Crippen molar-refractivity contribution >= 4 is 34.6 Å². The molecule has 2 aromatic carbocycles. The molecule has 0 saturated heterocycles. The first-order valence-corrected chi connectivity index (χ1v) is 11.8. The highest BCUT2D eigenvalue weighted by atomic mass is 16.4. The van der Waals surface area contributed by atoms with Crippen LogP contribution in [-0.2, 0) is 4.79 Å². The number of nitrogens with zero attached hydrogens (tertiary/aromatic N) is 1. The highest BCUT2D eigenvalue weighted by molar-refractivity contribution is 6.05. The average molecular weight is 478 g/mol. The van der Waals surface area contributed by atoms with Crippen LogP contribution >= 0.6 is 0 Å². The lowest BCUT2D eigenvalue weighted by molar-refractivity contribution is -0.142. The Morgan fingerprint density at radius 2 is 1.71 bits per heavy atom. The third-order valence-corrected chi connectivity index (χ3v) is 6.53. The molecule has 4 rings (SSSR count). The number of aryl methyl sites for hydroxylation is 1. The van der Waals surface area contributed by atoms with Crippen molar-refractivity contribution in [1.29, 1.82) is 0 Å². The number of rotatable bonds is 6. The SMILES string of the molecule is Cc1nc2ccc(C(=O)Nc3ccc(C4CCC(NC(=O)NC(C)(C)C(=O)O)CC4)cc3)cc2[nH]1. The zero-order valence-electron chi connectivity index (χ0n) is 20.1. The molecule has 5 N–H and O–H groups in total. The van der Waals surface area contributed by atoms with Gasteiger partial charge in [0.15, 0.2) is 0 Å². The largest absolute Gasteiger partial charge is 0.480 e. The number of nitrogens with one attached hydrogen (secondary N) is 4. The second-order valence-electron chi connectivity index (χ2n) is 9.71. The number of hydrogen-bond acceptors (Lipinski definition) is 4. The summed E-state index contributed by atoms with van der Waals surface area (Å²) in [5.74, 6) is -0.0708. The Bertz CT molecular complexity index is 1240. The van der Waals surface area contributed by atoms with E-state index in [-0.39, 0.29) is 11.9 Å². The molecular weight excluding hydrogens is 446 g/mol. The summed E-state index contributed by atoms with van der Waals surface area (Å²) in [5, 5.41) is 17.5. The Hall–Kier alpha value is -3.88. The van der Waals surface area contributed by atoms with E-state index in [0.717, 1.165) is 48.2 Å². The van der Waals surface area contributed by atoms with E-state index in [2.05, 4.69) is 25.9 Å². The highest BCUT2D eigenvalue weighted by Crippen LogP contribution is 2.33. The van der Waals surface area contributed by atoms with Crippen molar-refractivity contribution in [3.05, 3.63) is 59.4 Å². The number of anilines is 1. The molecule has 0 spiro atoms. The molecule has 0 radical (unpaired) electrons. The molecule has 1 fully saturated rings. The smallest absolute Gasteiger partial charge is 0.328 e. The van der Waals surface area contributed by atoms with Gasteiger partial charge in [-0.2, -0.15) is 0 Å². The van der Waals surface area contributed by atoms with Crippen LogP contribution in [0.25, 0.3) is 11.0 Å². The van der Waals surface area contributed by atoms with Crippen molar-refractivity contribution in [3.63, 3.8) is 0 Å². The van der Waals surface area contributed by atoms with E-state index in [9.17, 15) is 14.4 Å². The average Bonchev–Trinajstić information content (AvgIpc) is 3.19. The highest BCUT2D eigenvalue weighted by Gasteiger charge is 2.30. The maximum atomic E-state index is 12.7. The van der Waals surface area contributed by atoms with Crippen LogP contribution in [-0.4, -0.2) is 44.6 Å². The first-order chi connectivity index (χ1) is 16.6. The molecule has 9 heteroatoms. The number of aliphatic carboxylic acids is 1. The lowest BCUT2D eigenvalue weighted by Gasteiger charge is -2.30. The van der Waals surface area contributed by atoms with Gasteiger partial charge in [-0.1, -0.05) is 12.1 Å². The van der Waals surface area contributed by atoms with Crippen molar-refractivity contribution < 1.29 is 19.5 Å². The van der Waals surface area contributed by atoms with Gasteiger partial charge in [-0.3, -0.25) is 4.79 Å². The molecule has 9 nitrogen and oxygen atoms in total. The predicted octanol–water partition coefficient (Wildman–Crippen LogP) is 4.31. The lowest BCUT2D eigenvalue weighted by Crippen LogP contribution is -2.55. The van der Waals surface area contributed by atoms with E-state index in [1.165, 1.54) is 19.4 Å². The van der Waals surface area contributed by atoms with Crippen LogP contribution in [0.1, 0.15) is 67.2 Å². The maximum Gasteiger partial charge on any atom is 0.328 e. The van der Waals surface area contributed by atoms with Crippen molar-refractivity contribution in [3.8, 4) is 0 Å². The van der Waals surface area contributed by atoms with Gasteiger partial charge in [-0.25, -0.2) is 14.6 Å². The van der Waals surface area contributed by atoms with Crippen LogP contribution in [0.15, 0.2) is 42.5 Å². The second-order valence-corrected chi connectivity index (χ2v) is 9.71. The lowest BCUT2D eigenvalue weighted by atomic mass is 9.82. The quantitative estimate of drug-likeness (QED) is 0.360. The van der Waals surface area contributed by atoms with Crippen LogP contribution in [0.3, 0.4) is 0 Å². The van der Waals surface area contributed by atoms with Gasteiger partial charge >= 0.3 is 12.0 Å². The third-order valence-electron chi connectivity index (χ3n) is 6.53. The number of fused-ring (bicyclic) bond motifs is 1. The number of carbonyl (C=O) groups is 3. The van der Waals surface area contributed by atoms with Crippen LogP contribution in [0.5, 0.6) is 0 Å². The Morgan fingerprint density at radius 1 is 1.03 bits per heavy atom. The summed E-state index contributed by atoms with van der Waals surface area (Å²) < 4.78 is 0. The zero-order valence-corrected chi connectivity index (χ0v) is 20.1. The van der Waals surface area contributed by atoms with Gasteiger partial charge in [0.1, 0.15) is 11.4 Å². The van der Waals surface area contributed by atoms with Crippen LogP contribution < -0.4 is 16.0 Å². The third kappa shape index (κ3) is 5.79. The standard InChI is InChI=1S/C26H31N5O4/c1-15-27-21-13-8-18(14-22(21)28-15)23(32)29-19-9-4-16(5-10-19)17-6-11-20(12-7-17)30-25(35)31-26(2,3)24(33)34/h4-5,8-10,13-14,17,20H,6-7,11-12H2,1-3H3,(H,27,28)(H,29,32)(H,33,34)(H2,30,31,35). The van der Waals surface area contributed by atoms with E-state index in [0.29, 0.717) is 11.5 Å². The minimum absolute atomic E-state index is 0.0189. The number of carboxylic acids is 1. The number of benzene rings is 2. The minimum Gasteiger partial charge on any atom is -0.480 e. The molecule has 1 aliphatic carbocycles. The molecule has 1 aliphatic rings. The van der Waals surface area contributed by atoms with Crippen LogP contribution in [0.2, 0.25) is 0 Å². The minimum atomic E-state index is -1.32. The first-order valence-electron chi connectivity index (χ1n) is 11.8. The summed E-state index contributed by atoms with van der Waals surface area (Å²) in [6.07, 6.45) is 3.48. The number of carboxylic acid groups (broad SMARTS) is 1. The topological polar surface area (TPSA) is 136 Å². The molecule has 1 heterocycles. The normalized spacial score (nSPS) is 18.1. The Labute approximate surface area is 203 Å². The number of carbonyl (C=O) groups excluding carboxylic acids is 2. The Balaban J connectivity index is 1.28. The molecule has 0 aliphatic heterocycles. The number of imidazole rings is 1. The van der Waals surface area contributed by atoms with Gasteiger partial charge < -0.3 is 26.0 Å². The fourth-order valence-corrected chi connectivity index (χ4v) is 4.45. The first kappa shape index (κ1) is 24.3. The fraction of sp³-hybridized carbons (Fsp3) is 0.385. The van der Waals surface area contributed by atoms with Gasteiger partial charge in [-0.05, 0) is 88.3 Å². The molecular formula is C26H31N5O4. The predicted molar refractivity (Wildman–Crippen MR) is 134 cm³/mol. The summed E-state index contributed by atoms with van der Waals surface area (Å²) >= 11 is 0. The van der Waals surface area contributed by atoms with E-state index in [4.69, 9.17) is 5.11 Å². The van der Waals surface area contributed by atoms with Gasteiger partial charge in [0, 0.05) is 17.3 Å². The molecule has 35 heavy (non-hydrogen) atoms. The molecule has 0 bridgehead atoms. The molecule has 0 atom stereocenters. The molecule has 1 aromatic heterocycles. The van der Waals surface area contributed by atoms with E-state index >= 15 is 0 Å². The summed E-state index contributed by atoms with van der Waals surface area (Å²) in [6, 6.07) is 12.9. The van der Waals surface area contributed by atoms with Gasteiger partial charge in [0.2, 0.25) is 0 Å².